The van der Waals surface area contributed by atoms with E-state index in [2.05, 4.69) is 0 Å². The van der Waals surface area contributed by atoms with E-state index in [4.69, 9.17) is 4.74 Å². The van der Waals surface area contributed by atoms with E-state index in [0.29, 0.717) is 18.7 Å². The van der Waals surface area contributed by atoms with Crippen LogP contribution in [0.5, 0.6) is 5.75 Å². The van der Waals surface area contributed by atoms with Crippen molar-refractivity contribution in [2.45, 2.75) is 34.2 Å². The molecule has 1 aromatic heterocycles. The maximum atomic E-state index is 12.0. The standard InChI is InChI=1S/C16H19NO3S/c1-5-20-15-7-6-13(11(3)18)8-14(15)9-17-10(2)12(4)21-16(17)19/h6-8H,5,9H2,1-4H3. The van der Waals surface area contributed by atoms with E-state index in [1.807, 2.05) is 26.8 Å². The molecular weight excluding hydrogens is 286 g/mol. The number of carbonyl (C=O) groups excluding carboxylic acids is 1. The molecule has 21 heavy (non-hydrogen) atoms. The van der Waals surface area contributed by atoms with Gasteiger partial charge < -0.3 is 4.74 Å². The van der Waals surface area contributed by atoms with Gasteiger partial charge in [-0.05, 0) is 45.9 Å². The van der Waals surface area contributed by atoms with E-state index in [-0.39, 0.29) is 10.7 Å². The first-order chi connectivity index (χ1) is 9.93. The normalized spacial score (nSPS) is 10.7. The summed E-state index contributed by atoms with van der Waals surface area (Å²) < 4.78 is 7.33. The maximum absolute atomic E-state index is 12.0. The SMILES string of the molecule is CCOc1ccc(C(C)=O)cc1Cn1c(C)c(C)sc1=O. The van der Waals surface area contributed by atoms with Crippen molar-refractivity contribution in [3.05, 3.63) is 49.6 Å². The first kappa shape index (κ1) is 15.5. The Hall–Kier alpha value is -1.88. The van der Waals surface area contributed by atoms with Crippen LogP contribution >= 0.6 is 11.3 Å². The zero-order valence-electron chi connectivity index (χ0n) is 12.7. The lowest BCUT2D eigenvalue weighted by Gasteiger charge is -2.13. The molecule has 4 nitrogen and oxygen atoms in total. The molecule has 0 aliphatic carbocycles. The second kappa shape index (κ2) is 6.26. The minimum Gasteiger partial charge on any atom is -0.494 e. The summed E-state index contributed by atoms with van der Waals surface area (Å²) in [7, 11) is 0. The van der Waals surface area contributed by atoms with E-state index in [9.17, 15) is 9.59 Å². The van der Waals surface area contributed by atoms with Crippen molar-refractivity contribution in [2.24, 2.45) is 0 Å². The van der Waals surface area contributed by atoms with Crippen LogP contribution in [0.25, 0.3) is 0 Å². The van der Waals surface area contributed by atoms with Crippen LogP contribution in [0.4, 0.5) is 0 Å². The summed E-state index contributed by atoms with van der Waals surface area (Å²) in [6.07, 6.45) is 0. The number of ether oxygens (including phenoxy) is 1. The maximum Gasteiger partial charge on any atom is 0.307 e. The van der Waals surface area contributed by atoms with Crippen LogP contribution in [0.2, 0.25) is 0 Å². The smallest absolute Gasteiger partial charge is 0.307 e. The molecule has 0 aliphatic heterocycles. The van der Waals surface area contributed by atoms with E-state index in [1.54, 1.807) is 16.7 Å². The van der Waals surface area contributed by atoms with Gasteiger partial charge in [0, 0.05) is 21.7 Å². The van der Waals surface area contributed by atoms with Gasteiger partial charge in [-0.2, -0.15) is 0 Å². The molecule has 2 rings (SSSR count). The number of nitrogens with zero attached hydrogens (tertiary/aromatic N) is 1. The van der Waals surface area contributed by atoms with Gasteiger partial charge in [-0.3, -0.25) is 14.2 Å². The molecule has 0 N–H and O–H groups in total. The summed E-state index contributed by atoms with van der Waals surface area (Å²) in [6, 6.07) is 5.37. The Bertz CT molecular complexity index is 728. The topological polar surface area (TPSA) is 48.3 Å². The quantitative estimate of drug-likeness (QED) is 0.797. The van der Waals surface area contributed by atoms with Crippen molar-refractivity contribution in [3.8, 4) is 5.75 Å². The van der Waals surface area contributed by atoms with Gasteiger partial charge in [-0.15, -0.1) is 0 Å². The third-order valence-corrected chi connectivity index (χ3v) is 4.47. The van der Waals surface area contributed by atoms with Crippen molar-refractivity contribution in [1.29, 1.82) is 0 Å². The number of ketones is 1. The average Bonchev–Trinajstić information content (AvgIpc) is 2.67. The van der Waals surface area contributed by atoms with Gasteiger partial charge in [0.1, 0.15) is 5.75 Å². The number of aromatic nitrogens is 1. The Morgan fingerprint density at radius 2 is 2.05 bits per heavy atom. The van der Waals surface area contributed by atoms with Gasteiger partial charge in [-0.25, -0.2) is 0 Å². The molecule has 5 heteroatoms. The Labute approximate surface area is 128 Å². The Kier molecular flexibility index (Phi) is 4.63. The molecule has 0 saturated carbocycles. The molecule has 1 heterocycles. The van der Waals surface area contributed by atoms with Crippen molar-refractivity contribution < 1.29 is 9.53 Å². The summed E-state index contributed by atoms with van der Waals surface area (Å²) in [4.78, 5) is 24.6. The van der Waals surface area contributed by atoms with Crippen molar-refractivity contribution >= 4 is 17.1 Å². The number of hydrogen-bond acceptors (Lipinski definition) is 4. The molecule has 0 fully saturated rings. The highest BCUT2D eigenvalue weighted by Gasteiger charge is 2.13. The molecule has 0 bridgehead atoms. The molecule has 0 radical (unpaired) electrons. The molecular formula is C16H19NO3S. The number of carbonyl (C=O) groups is 1. The molecule has 0 aliphatic rings. The van der Waals surface area contributed by atoms with E-state index < -0.39 is 0 Å². The van der Waals surface area contributed by atoms with Crippen LogP contribution in [0.1, 0.15) is 40.3 Å². The highest BCUT2D eigenvalue weighted by molar-refractivity contribution is 7.09. The fourth-order valence-electron chi connectivity index (χ4n) is 2.16. The number of benzene rings is 1. The fourth-order valence-corrected chi connectivity index (χ4v) is 2.99. The lowest BCUT2D eigenvalue weighted by atomic mass is 10.1. The molecule has 1 aromatic carbocycles. The van der Waals surface area contributed by atoms with Gasteiger partial charge in [0.05, 0.1) is 13.2 Å². The molecule has 0 spiro atoms. The first-order valence-corrected chi connectivity index (χ1v) is 7.69. The van der Waals surface area contributed by atoms with Crippen LogP contribution in [-0.2, 0) is 6.54 Å². The minimum atomic E-state index is 0.00451. The molecule has 0 atom stereocenters. The van der Waals surface area contributed by atoms with Gasteiger partial charge in [0.2, 0.25) is 0 Å². The average molecular weight is 305 g/mol. The third-order valence-electron chi connectivity index (χ3n) is 3.47. The second-order valence-electron chi connectivity index (χ2n) is 4.91. The highest BCUT2D eigenvalue weighted by atomic mass is 32.1. The van der Waals surface area contributed by atoms with E-state index in [0.717, 1.165) is 21.9 Å². The van der Waals surface area contributed by atoms with Gasteiger partial charge in [-0.1, -0.05) is 11.3 Å². The lowest BCUT2D eigenvalue weighted by molar-refractivity contribution is 0.101. The predicted octanol–water partition coefficient (Wildman–Crippen LogP) is 3.18. The Balaban J connectivity index is 2.47. The number of hydrogen-bond donors (Lipinski definition) is 0. The summed E-state index contributed by atoms with van der Waals surface area (Å²) in [5.74, 6) is 0.725. The molecule has 0 unspecified atom stereocenters. The summed E-state index contributed by atoms with van der Waals surface area (Å²) in [6.45, 7) is 8.28. The van der Waals surface area contributed by atoms with Gasteiger partial charge in [0.25, 0.3) is 0 Å². The summed E-state index contributed by atoms with van der Waals surface area (Å²) in [5.41, 5.74) is 2.44. The Morgan fingerprint density at radius 1 is 1.33 bits per heavy atom. The lowest BCUT2D eigenvalue weighted by Crippen LogP contribution is -2.16. The van der Waals surface area contributed by atoms with Crippen LogP contribution in [0, 0.1) is 13.8 Å². The molecule has 2 aromatic rings. The van der Waals surface area contributed by atoms with Crippen LogP contribution in [-0.4, -0.2) is 17.0 Å². The Morgan fingerprint density at radius 3 is 2.57 bits per heavy atom. The monoisotopic (exact) mass is 305 g/mol. The number of thiazole rings is 1. The van der Waals surface area contributed by atoms with E-state index in [1.165, 1.54) is 18.3 Å². The zero-order valence-corrected chi connectivity index (χ0v) is 13.5. The van der Waals surface area contributed by atoms with Crippen molar-refractivity contribution in [3.63, 3.8) is 0 Å². The van der Waals surface area contributed by atoms with Crippen LogP contribution in [0.15, 0.2) is 23.0 Å². The highest BCUT2D eigenvalue weighted by Crippen LogP contribution is 2.23. The molecule has 0 amide bonds. The van der Waals surface area contributed by atoms with Crippen molar-refractivity contribution in [1.82, 2.24) is 4.57 Å². The largest absolute Gasteiger partial charge is 0.494 e. The molecule has 0 saturated heterocycles. The van der Waals surface area contributed by atoms with E-state index >= 15 is 0 Å². The van der Waals surface area contributed by atoms with Crippen molar-refractivity contribution in [2.75, 3.05) is 6.61 Å². The minimum absolute atomic E-state index is 0.00451. The second-order valence-corrected chi connectivity index (χ2v) is 6.07. The van der Waals surface area contributed by atoms with Crippen LogP contribution < -0.4 is 9.61 Å². The number of Topliss-reactive ketones (excluding diaryl/α,β-unsaturated/α-hetero) is 1. The third kappa shape index (κ3) is 3.24. The fraction of sp³-hybridized carbons (Fsp3) is 0.375. The zero-order chi connectivity index (χ0) is 15.6. The summed E-state index contributed by atoms with van der Waals surface area (Å²) in [5, 5.41) is 0. The van der Waals surface area contributed by atoms with Crippen LogP contribution in [0.3, 0.4) is 0 Å². The van der Waals surface area contributed by atoms with Gasteiger partial charge in [0.15, 0.2) is 5.78 Å². The van der Waals surface area contributed by atoms with Gasteiger partial charge >= 0.3 is 4.87 Å². The number of rotatable bonds is 5. The first-order valence-electron chi connectivity index (χ1n) is 6.87. The number of aryl methyl sites for hydroxylation is 1. The molecule has 112 valence electrons. The summed E-state index contributed by atoms with van der Waals surface area (Å²) >= 11 is 1.24. The predicted molar refractivity (Wildman–Crippen MR) is 84.8 cm³/mol.